The number of carboxylic acid groups (broad SMARTS) is 1. The smallest absolute Gasteiger partial charge is 0.304 e. The molecule has 1 N–H and O–H groups in total. The SMILES string of the molecule is Cc1ccc(C)c2c1c(C(C)(C)CC(=O)O)cn2C. The third-order valence-corrected chi connectivity index (χ3v) is 3.86. The second kappa shape index (κ2) is 4.41. The number of hydrogen-bond acceptors (Lipinski definition) is 1. The summed E-state index contributed by atoms with van der Waals surface area (Å²) >= 11 is 0. The first kappa shape index (κ1) is 13.7. The number of aromatic nitrogens is 1. The summed E-state index contributed by atoms with van der Waals surface area (Å²) in [6, 6.07) is 4.23. The summed E-state index contributed by atoms with van der Waals surface area (Å²) in [6.45, 7) is 8.17. The van der Waals surface area contributed by atoms with Gasteiger partial charge < -0.3 is 9.67 Å². The summed E-state index contributed by atoms with van der Waals surface area (Å²) in [5.74, 6) is -0.757. The molecule has 2 aromatic rings. The molecule has 0 aliphatic heterocycles. The van der Waals surface area contributed by atoms with Gasteiger partial charge in [0.1, 0.15) is 0 Å². The van der Waals surface area contributed by atoms with Crippen molar-refractivity contribution in [3.05, 3.63) is 35.0 Å². The van der Waals surface area contributed by atoms with E-state index in [-0.39, 0.29) is 11.8 Å². The molecule has 0 spiro atoms. The Bertz CT molecular complexity index is 650. The van der Waals surface area contributed by atoms with Crippen LogP contribution in [0.5, 0.6) is 0 Å². The molecule has 0 amide bonds. The predicted molar refractivity (Wildman–Crippen MR) is 77.7 cm³/mol. The van der Waals surface area contributed by atoms with Crippen molar-refractivity contribution in [1.29, 1.82) is 0 Å². The van der Waals surface area contributed by atoms with Crippen molar-refractivity contribution in [2.24, 2.45) is 7.05 Å². The Hall–Kier alpha value is -1.77. The fourth-order valence-electron chi connectivity index (χ4n) is 2.90. The van der Waals surface area contributed by atoms with E-state index in [9.17, 15) is 4.79 Å². The van der Waals surface area contributed by atoms with E-state index in [0.717, 1.165) is 5.56 Å². The van der Waals surface area contributed by atoms with Gasteiger partial charge in [0.25, 0.3) is 0 Å². The number of benzene rings is 1. The zero-order valence-electron chi connectivity index (χ0n) is 12.2. The zero-order chi connectivity index (χ0) is 14.4. The number of hydrogen-bond donors (Lipinski definition) is 1. The van der Waals surface area contributed by atoms with Crippen LogP contribution >= 0.6 is 0 Å². The molecule has 0 unspecified atom stereocenters. The molecule has 1 aromatic carbocycles. The van der Waals surface area contributed by atoms with E-state index in [1.807, 2.05) is 20.9 Å². The lowest BCUT2D eigenvalue weighted by Gasteiger charge is -2.22. The van der Waals surface area contributed by atoms with Crippen molar-refractivity contribution in [1.82, 2.24) is 4.57 Å². The maximum Gasteiger partial charge on any atom is 0.304 e. The van der Waals surface area contributed by atoms with E-state index >= 15 is 0 Å². The minimum atomic E-state index is -0.757. The van der Waals surface area contributed by atoms with Crippen LogP contribution in [0.1, 0.15) is 37.0 Å². The molecule has 0 saturated heterocycles. The lowest BCUT2D eigenvalue weighted by molar-refractivity contribution is -0.138. The van der Waals surface area contributed by atoms with Gasteiger partial charge in [-0.25, -0.2) is 0 Å². The molecule has 1 heterocycles. The maximum absolute atomic E-state index is 11.1. The van der Waals surface area contributed by atoms with Crippen LogP contribution in [0.25, 0.3) is 10.9 Å². The molecule has 0 fully saturated rings. The minimum Gasteiger partial charge on any atom is -0.481 e. The second-order valence-corrected chi connectivity index (χ2v) is 6.03. The highest BCUT2D eigenvalue weighted by Crippen LogP contribution is 2.36. The largest absolute Gasteiger partial charge is 0.481 e. The van der Waals surface area contributed by atoms with Crippen LogP contribution in [0.4, 0.5) is 0 Å². The molecule has 0 bridgehead atoms. The van der Waals surface area contributed by atoms with Gasteiger partial charge in [0.05, 0.1) is 11.9 Å². The highest BCUT2D eigenvalue weighted by Gasteiger charge is 2.28. The van der Waals surface area contributed by atoms with Crippen molar-refractivity contribution < 1.29 is 9.90 Å². The number of nitrogens with zero attached hydrogens (tertiary/aromatic N) is 1. The predicted octanol–water partition coefficient (Wildman–Crippen LogP) is 3.55. The van der Waals surface area contributed by atoms with Crippen LogP contribution in [0, 0.1) is 13.8 Å². The molecule has 102 valence electrons. The first-order chi connectivity index (χ1) is 8.74. The quantitative estimate of drug-likeness (QED) is 0.916. The van der Waals surface area contributed by atoms with Crippen LogP contribution in [-0.4, -0.2) is 15.6 Å². The third-order valence-electron chi connectivity index (χ3n) is 3.86. The molecule has 0 atom stereocenters. The van der Waals surface area contributed by atoms with E-state index in [1.165, 1.54) is 22.0 Å². The maximum atomic E-state index is 11.1. The average Bonchev–Trinajstić information content (AvgIpc) is 2.62. The Morgan fingerprint density at radius 3 is 2.42 bits per heavy atom. The third kappa shape index (κ3) is 2.25. The Morgan fingerprint density at radius 1 is 1.26 bits per heavy atom. The van der Waals surface area contributed by atoms with Crippen LogP contribution in [0.15, 0.2) is 18.3 Å². The topological polar surface area (TPSA) is 42.2 Å². The average molecular weight is 259 g/mol. The highest BCUT2D eigenvalue weighted by atomic mass is 16.4. The highest BCUT2D eigenvalue weighted by molar-refractivity contribution is 5.91. The fourth-order valence-corrected chi connectivity index (χ4v) is 2.90. The van der Waals surface area contributed by atoms with Gasteiger partial charge in [-0.1, -0.05) is 26.0 Å². The van der Waals surface area contributed by atoms with Gasteiger partial charge in [0, 0.05) is 24.0 Å². The Balaban J connectivity index is 2.75. The van der Waals surface area contributed by atoms with E-state index < -0.39 is 5.97 Å². The van der Waals surface area contributed by atoms with Crippen LogP contribution in [-0.2, 0) is 17.3 Å². The van der Waals surface area contributed by atoms with Crippen LogP contribution in [0.3, 0.4) is 0 Å². The first-order valence-corrected chi connectivity index (χ1v) is 6.51. The molecule has 0 aliphatic rings. The Kier molecular flexibility index (Phi) is 3.17. The number of carbonyl (C=O) groups is 1. The van der Waals surface area contributed by atoms with Crippen molar-refractivity contribution in [2.45, 2.75) is 39.5 Å². The fraction of sp³-hybridized carbons (Fsp3) is 0.438. The molecular weight excluding hydrogens is 238 g/mol. The number of carboxylic acids is 1. The molecule has 19 heavy (non-hydrogen) atoms. The minimum absolute atomic E-state index is 0.138. The van der Waals surface area contributed by atoms with Gasteiger partial charge in [-0.05, 0) is 30.5 Å². The van der Waals surface area contributed by atoms with Crippen LogP contribution < -0.4 is 0 Å². The standard InChI is InChI=1S/C16H21NO2/c1-10-6-7-11(2)15-14(10)12(9-17(15)5)16(3,4)8-13(18)19/h6-7,9H,8H2,1-5H3,(H,18,19). The van der Waals surface area contributed by atoms with Gasteiger partial charge >= 0.3 is 5.97 Å². The molecule has 3 heteroatoms. The number of aliphatic carboxylic acids is 1. The molecule has 0 radical (unpaired) electrons. The molecule has 2 rings (SSSR count). The first-order valence-electron chi connectivity index (χ1n) is 6.51. The monoisotopic (exact) mass is 259 g/mol. The molecule has 1 aromatic heterocycles. The molecular formula is C16H21NO2. The summed E-state index contributed by atoms with van der Waals surface area (Å²) < 4.78 is 2.11. The molecule has 3 nitrogen and oxygen atoms in total. The van der Waals surface area contributed by atoms with E-state index in [0.29, 0.717) is 0 Å². The van der Waals surface area contributed by atoms with Gasteiger partial charge in [-0.15, -0.1) is 0 Å². The van der Waals surface area contributed by atoms with Gasteiger partial charge in [-0.3, -0.25) is 4.79 Å². The zero-order valence-corrected chi connectivity index (χ0v) is 12.2. The van der Waals surface area contributed by atoms with E-state index in [2.05, 4.69) is 36.7 Å². The van der Waals surface area contributed by atoms with E-state index in [1.54, 1.807) is 0 Å². The van der Waals surface area contributed by atoms with Crippen molar-refractivity contribution in [2.75, 3.05) is 0 Å². The van der Waals surface area contributed by atoms with Gasteiger partial charge in [-0.2, -0.15) is 0 Å². The summed E-state index contributed by atoms with van der Waals surface area (Å²) in [5.41, 5.74) is 4.38. The van der Waals surface area contributed by atoms with Crippen LogP contribution in [0.2, 0.25) is 0 Å². The summed E-state index contributed by atoms with van der Waals surface area (Å²) in [6.07, 6.45) is 2.22. The Morgan fingerprint density at radius 2 is 1.84 bits per heavy atom. The summed E-state index contributed by atoms with van der Waals surface area (Å²) in [7, 11) is 2.02. The summed E-state index contributed by atoms with van der Waals surface area (Å²) in [5, 5.41) is 10.3. The number of fused-ring (bicyclic) bond motifs is 1. The van der Waals surface area contributed by atoms with Crippen molar-refractivity contribution in [3.63, 3.8) is 0 Å². The number of aryl methyl sites for hydroxylation is 3. The Labute approximate surface area is 113 Å². The van der Waals surface area contributed by atoms with Crippen molar-refractivity contribution in [3.8, 4) is 0 Å². The lowest BCUT2D eigenvalue weighted by Crippen LogP contribution is -2.21. The second-order valence-electron chi connectivity index (χ2n) is 6.03. The normalized spacial score (nSPS) is 12.1. The molecule has 0 aliphatic carbocycles. The van der Waals surface area contributed by atoms with Gasteiger partial charge in [0.2, 0.25) is 0 Å². The van der Waals surface area contributed by atoms with E-state index in [4.69, 9.17) is 5.11 Å². The number of rotatable bonds is 3. The summed E-state index contributed by atoms with van der Waals surface area (Å²) in [4.78, 5) is 11.1. The van der Waals surface area contributed by atoms with Crippen molar-refractivity contribution >= 4 is 16.9 Å². The van der Waals surface area contributed by atoms with Gasteiger partial charge in [0.15, 0.2) is 0 Å². The molecule has 0 saturated carbocycles. The lowest BCUT2D eigenvalue weighted by atomic mass is 9.80.